The van der Waals surface area contributed by atoms with Crippen LogP contribution in [0.2, 0.25) is 5.02 Å². The molecule has 0 fully saturated rings. The zero-order valence-electron chi connectivity index (χ0n) is 12.3. The molecule has 0 aliphatic heterocycles. The summed E-state index contributed by atoms with van der Waals surface area (Å²) in [4.78, 5) is 0. The molecule has 0 spiro atoms. The van der Waals surface area contributed by atoms with Crippen LogP contribution in [0.1, 0.15) is 19.4 Å². The number of rotatable bonds is 6. The highest BCUT2D eigenvalue weighted by Crippen LogP contribution is 2.21. The third-order valence-electron chi connectivity index (χ3n) is 3.01. The van der Waals surface area contributed by atoms with Gasteiger partial charge in [-0.25, -0.2) is 17.1 Å². The first kappa shape index (κ1) is 20.6. The van der Waals surface area contributed by atoms with Gasteiger partial charge in [-0.05, 0) is 29.7 Å². The monoisotopic (exact) mass is 358 g/mol. The second-order valence-corrected chi connectivity index (χ2v) is 8.11. The average Bonchev–Trinajstić information content (AvgIpc) is 2.33. The Kier molecular flexibility index (Phi) is 7.59. The summed E-state index contributed by atoms with van der Waals surface area (Å²) in [7, 11) is -1.98. The van der Waals surface area contributed by atoms with Crippen LogP contribution < -0.4 is 5.73 Å². The molecule has 0 saturated carbocycles. The van der Waals surface area contributed by atoms with Gasteiger partial charge in [0.05, 0.1) is 10.8 Å². The molecule has 1 rings (SSSR count). The Hall–Kier alpha value is -0.400. The lowest BCUT2D eigenvalue weighted by Gasteiger charge is -2.28. The van der Waals surface area contributed by atoms with Crippen molar-refractivity contribution in [1.82, 2.24) is 4.31 Å². The predicted molar refractivity (Wildman–Crippen MR) is 86.7 cm³/mol. The summed E-state index contributed by atoms with van der Waals surface area (Å²) in [5.41, 5.74) is 5.76. The van der Waals surface area contributed by atoms with E-state index in [2.05, 4.69) is 0 Å². The molecular weight excluding hydrogens is 338 g/mol. The van der Waals surface area contributed by atoms with Gasteiger partial charge < -0.3 is 5.73 Å². The Morgan fingerprint density at radius 3 is 2.43 bits per heavy atom. The van der Waals surface area contributed by atoms with Gasteiger partial charge in [-0.2, -0.15) is 0 Å². The highest BCUT2D eigenvalue weighted by Gasteiger charge is 2.26. The normalized spacial score (nSPS) is 12.3. The second-order valence-electron chi connectivity index (χ2n) is 5.63. The Morgan fingerprint density at radius 1 is 1.38 bits per heavy atom. The van der Waals surface area contributed by atoms with Gasteiger partial charge >= 0.3 is 0 Å². The first-order valence-corrected chi connectivity index (χ1v) is 8.14. The highest BCUT2D eigenvalue weighted by molar-refractivity contribution is 7.88. The van der Waals surface area contributed by atoms with E-state index in [1.54, 1.807) is 0 Å². The van der Waals surface area contributed by atoms with E-state index in [0.29, 0.717) is 18.7 Å². The van der Waals surface area contributed by atoms with Crippen molar-refractivity contribution >= 4 is 34.0 Å². The third kappa shape index (κ3) is 6.08. The van der Waals surface area contributed by atoms with Gasteiger partial charge in [0.2, 0.25) is 10.0 Å². The molecule has 8 heteroatoms. The maximum Gasteiger partial charge on any atom is 0.218 e. The van der Waals surface area contributed by atoms with E-state index in [0.717, 1.165) is 6.07 Å². The molecule has 0 saturated heterocycles. The fraction of sp³-hybridized carbons (Fsp3) is 0.538. The molecule has 1 aromatic carbocycles. The summed E-state index contributed by atoms with van der Waals surface area (Å²) in [5.74, 6) is -0.783. The molecule has 0 aliphatic rings. The van der Waals surface area contributed by atoms with E-state index in [1.165, 1.54) is 23.5 Å². The van der Waals surface area contributed by atoms with Crippen molar-refractivity contribution in [3.63, 3.8) is 0 Å². The maximum atomic E-state index is 13.1. The van der Waals surface area contributed by atoms with E-state index < -0.39 is 15.8 Å². The topological polar surface area (TPSA) is 63.4 Å². The summed E-state index contributed by atoms with van der Waals surface area (Å²) < 4.78 is 38.8. The molecule has 0 aromatic heterocycles. The number of hydrogen-bond acceptors (Lipinski definition) is 3. The van der Waals surface area contributed by atoms with Crippen LogP contribution in [0, 0.1) is 11.2 Å². The van der Waals surface area contributed by atoms with Crippen molar-refractivity contribution < 1.29 is 12.8 Å². The lowest BCUT2D eigenvalue weighted by atomic mass is 9.94. The fourth-order valence-corrected chi connectivity index (χ4v) is 3.29. The SMILES string of the molecule is CN(CC(C)(C)CN)S(=O)(=O)Cc1ccc(F)c(Cl)c1.Cl. The number of hydrogen-bond donors (Lipinski definition) is 1. The van der Waals surface area contributed by atoms with Crippen molar-refractivity contribution in [3.05, 3.63) is 34.6 Å². The molecule has 0 amide bonds. The number of nitrogens with zero attached hydrogens (tertiary/aromatic N) is 1. The molecule has 0 bridgehead atoms. The van der Waals surface area contributed by atoms with Crippen molar-refractivity contribution in [2.45, 2.75) is 19.6 Å². The standard InChI is InChI=1S/C13H20ClFN2O2S.ClH/c1-13(2,8-16)9-17(3)20(18,19)7-10-4-5-12(15)11(14)6-10;/h4-6H,7-9,16H2,1-3H3;1H. The minimum absolute atomic E-state index is 0. The van der Waals surface area contributed by atoms with Crippen molar-refractivity contribution in [2.75, 3.05) is 20.1 Å². The zero-order valence-corrected chi connectivity index (χ0v) is 14.7. The minimum Gasteiger partial charge on any atom is -0.330 e. The van der Waals surface area contributed by atoms with E-state index in [1.807, 2.05) is 13.8 Å². The van der Waals surface area contributed by atoms with Crippen LogP contribution in [0.15, 0.2) is 18.2 Å². The Balaban J connectivity index is 0.00000400. The van der Waals surface area contributed by atoms with E-state index >= 15 is 0 Å². The van der Waals surface area contributed by atoms with Crippen molar-refractivity contribution in [3.8, 4) is 0 Å². The van der Waals surface area contributed by atoms with Crippen LogP contribution >= 0.6 is 24.0 Å². The van der Waals surface area contributed by atoms with Gasteiger partial charge in [0.1, 0.15) is 5.82 Å². The molecule has 0 unspecified atom stereocenters. The van der Waals surface area contributed by atoms with Gasteiger partial charge in [-0.15, -0.1) is 12.4 Å². The Bertz CT molecular complexity index is 580. The van der Waals surface area contributed by atoms with Gasteiger partial charge in [0.15, 0.2) is 0 Å². The summed E-state index contributed by atoms with van der Waals surface area (Å²) in [6, 6.07) is 3.91. The third-order valence-corrected chi connectivity index (χ3v) is 5.08. The molecule has 2 N–H and O–H groups in total. The summed E-state index contributed by atoms with van der Waals surface area (Å²) in [6.45, 7) is 4.50. The fourth-order valence-electron chi connectivity index (χ4n) is 1.72. The molecule has 4 nitrogen and oxygen atoms in total. The first-order valence-electron chi connectivity index (χ1n) is 6.15. The molecule has 0 atom stereocenters. The number of halogens is 3. The second kappa shape index (κ2) is 7.74. The van der Waals surface area contributed by atoms with Crippen LogP contribution in [0.25, 0.3) is 0 Å². The molecule has 0 radical (unpaired) electrons. The zero-order chi connectivity index (χ0) is 15.6. The predicted octanol–water partition coefficient (Wildman–Crippen LogP) is 2.65. The van der Waals surface area contributed by atoms with Gasteiger partial charge in [-0.1, -0.05) is 31.5 Å². The summed E-state index contributed by atoms with van der Waals surface area (Å²) in [5, 5.41) is -0.0809. The van der Waals surface area contributed by atoms with E-state index in [9.17, 15) is 12.8 Å². The van der Waals surface area contributed by atoms with Gasteiger partial charge in [-0.3, -0.25) is 0 Å². The van der Waals surface area contributed by atoms with Crippen LogP contribution in [-0.2, 0) is 15.8 Å². The van der Waals surface area contributed by atoms with Crippen LogP contribution in [0.3, 0.4) is 0 Å². The quantitative estimate of drug-likeness (QED) is 0.849. The van der Waals surface area contributed by atoms with Gasteiger partial charge in [0, 0.05) is 13.6 Å². The summed E-state index contributed by atoms with van der Waals surface area (Å²) >= 11 is 5.65. The van der Waals surface area contributed by atoms with E-state index in [4.69, 9.17) is 17.3 Å². The van der Waals surface area contributed by atoms with E-state index in [-0.39, 0.29) is 28.6 Å². The molecule has 1 aromatic rings. The Morgan fingerprint density at radius 2 is 1.95 bits per heavy atom. The minimum atomic E-state index is -3.49. The number of benzene rings is 1. The van der Waals surface area contributed by atoms with Crippen molar-refractivity contribution in [1.29, 1.82) is 0 Å². The van der Waals surface area contributed by atoms with Crippen molar-refractivity contribution in [2.24, 2.45) is 11.1 Å². The smallest absolute Gasteiger partial charge is 0.218 e. The molecule has 21 heavy (non-hydrogen) atoms. The first-order chi connectivity index (χ1) is 9.07. The van der Waals surface area contributed by atoms with Crippen LogP contribution in [0.4, 0.5) is 4.39 Å². The maximum absolute atomic E-state index is 13.1. The number of sulfonamides is 1. The average molecular weight is 359 g/mol. The highest BCUT2D eigenvalue weighted by atomic mass is 35.5. The molecule has 0 aliphatic carbocycles. The molecule has 0 heterocycles. The summed E-state index contributed by atoms with van der Waals surface area (Å²) in [6.07, 6.45) is 0. The Labute approximate surface area is 136 Å². The lowest BCUT2D eigenvalue weighted by Crippen LogP contribution is -2.40. The molecular formula is C13H21Cl2FN2O2S. The van der Waals surface area contributed by atoms with Crippen LogP contribution in [0.5, 0.6) is 0 Å². The molecule has 122 valence electrons. The largest absolute Gasteiger partial charge is 0.330 e. The van der Waals surface area contributed by atoms with Gasteiger partial charge in [0.25, 0.3) is 0 Å². The van der Waals surface area contributed by atoms with Crippen LogP contribution in [-0.4, -0.2) is 32.9 Å². The lowest BCUT2D eigenvalue weighted by molar-refractivity contribution is 0.291. The number of nitrogens with two attached hydrogens (primary N) is 1.